The molecule has 28 heavy (non-hydrogen) atoms. The largest absolute Gasteiger partial charge is 0.486 e. The van der Waals surface area contributed by atoms with E-state index in [1.54, 1.807) is 0 Å². The lowest BCUT2D eigenvalue weighted by atomic mass is 10.2. The molecule has 2 aromatic rings. The minimum Gasteiger partial charge on any atom is -0.486 e. The normalized spacial score (nSPS) is 20.1. The van der Waals surface area contributed by atoms with Crippen LogP contribution >= 0.6 is 0 Å². The summed E-state index contributed by atoms with van der Waals surface area (Å²) in [7, 11) is -3.43. The maximum atomic E-state index is 14.1. The van der Waals surface area contributed by atoms with Crippen LogP contribution in [0.2, 0.25) is 0 Å². The summed E-state index contributed by atoms with van der Waals surface area (Å²) in [5.41, 5.74) is 0. The van der Waals surface area contributed by atoms with Gasteiger partial charge < -0.3 is 9.47 Å². The molecule has 1 heterocycles. The van der Waals surface area contributed by atoms with Crippen molar-refractivity contribution in [2.24, 2.45) is 0 Å². The smallest absolute Gasteiger partial charge is 0.324 e. The number of methoxy groups -OCH3 is 1. The number of nitrogens with zero attached hydrogens (tertiary/aromatic N) is 1. The molecule has 1 fully saturated rings. The number of hydrogen-bond acceptors (Lipinski definition) is 5. The third-order valence-corrected chi connectivity index (χ3v) is 6.21. The highest BCUT2D eigenvalue weighted by Crippen LogP contribution is 2.31. The van der Waals surface area contributed by atoms with Crippen molar-refractivity contribution in [1.29, 1.82) is 0 Å². The van der Waals surface area contributed by atoms with Crippen LogP contribution in [0.4, 0.5) is 13.2 Å². The number of esters is 1. The summed E-state index contributed by atoms with van der Waals surface area (Å²) in [5.74, 6) is -3.86. The van der Waals surface area contributed by atoms with Crippen molar-refractivity contribution in [1.82, 2.24) is 4.31 Å². The van der Waals surface area contributed by atoms with Gasteiger partial charge in [-0.2, -0.15) is 4.31 Å². The Morgan fingerprint density at radius 2 is 1.82 bits per heavy atom. The van der Waals surface area contributed by atoms with Crippen molar-refractivity contribution in [3.05, 3.63) is 59.9 Å². The summed E-state index contributed by atoms with van der Waals surface area (Å²) >= 11 is 0. The van der Waals surface area contributed by atoms with Crippen LogP contribution in [0.15, 0.2) is 47.4 Å². The molecule has 0 bridgehead atoms. The Kier molecular flexibility index (Phi) is 5.61. The minimum absolute atomic E-state index is 0.108. The molecule has 0 spiro atoms. The van der Waals surface area contributed by atoms with Crippen LogP contribution in [0.3, 0.4) is 0 Å². The first-order valence-electron chi connectivity index (χ1n) is 8.20. The minimum atomic E-state index is -4.51. The van der Waals surface area contributed by atoms with Crippen molar-refractivity contribution in [3.8, 4) is 5.75 Å². The number of halogens is 3. The predicted molar refractivity (Wildman–Crippen MR) is 91.5 cm³/mol. The number of benzene rings is 2. The number of hydrogen-bond donors (Lipinski definition) is 0. The molecule has 0 aromatic heterocycles. The molecule has 1 aliphatic heterocycles. The average molecular weight is 415 g/mol. The van der Waals surface area contributed by atoms with Crippen molar-refractivity contribution in [2.45, 2.75) is 23.5 Å². The van der Waals surface area contributed by atoms with Gasteiger partial charge in [-0.1, -0.05) is 12.1 Å². The van der Waals surface area contributed by atoms with Crippen LogP contribution in [0.5, 0.6) is 5.75 Å². The first kappa shape index (κ1) is 20.2. The van der Waals surface area contributed by atoms with Gasteiger partial charge in [0.1, 0.15) is 28.7 Å². The number of carbonyl (C=O) groups excluding carboxylic acids is 1. The van der Waals surface area contributed by atoms with Gasteiger partial charge in [0.15, 0.2) is 11.6 Å². The second-order valence-corrected chi connectivity index (χ2v) is 7.95. The molecule has 0 amide bonds. The van der Waals surface area contributed by atoms with Crippen LogP contribution in [0.1, 0.15) is 6.42 Å². The maximum absolute atomic E-state index is 14.1. The van der Waals surface area contributed by atoms with E-state index >= 15 is 0 Å². The Morgan fingerprint density at radius 1 is 1.11 bits per heavy atom. The molecule has 3 rings (SSSR count). The molecule has 0 saturated carbocycles. The lowest BCUT2D eigenvalue weighted by Gasteiger charge is -2.22. The van der Waals surface area contributed by atoms with Crippen molar-refractivity contribution >= 4 is 16.0 Å². The fraction of sp³-hybridized carbons (Fsp3) is 0.278. The quantitative estimate of drug-likeness (QED) is 0.702. The zero-order chi connectivity index (χ0) is 20.5. The molecule has 2 aromatic carbocycles. The van der Waals surface area contributed by atoms with Crippen LogP contribution in [-0.2, 0) is 19.6 Å². The van der Waals surface area contributed by atoms with E-state index < -0.39 is 50.5 Å². The standard InChI is InChI=1S/C18H16F3NO5S/c1-26-18(23)15-9-12(27-16-5-3-2-4-13(16)20)10-22(15)28(24,25)17-7-6-11(19)8-14(17)21/h2-8,12,15H,9-10H2,1H3. The third-order valence-electron chi connectivity index (χ3n) is 4.30. The Labute approximate surface area is 159 Å². The zero-order valence-electron chi connectivity index (χ0n) is 14.6. The Morgan fingerprint density at radius 3 is 2.46 bits per heavy atom. The monoisotopic (exact) mass is 415 g/mol. The van der Waals surface area contributed by atoms with Crippen LogP contribution in [-0.4, -0.2) is 44.5 Å². The summed E-state index contributed by atoms with van der Waals surface area (Å²) in [5, 5.41) is 0. The van der Waals surface area contributed by atoms with Crippen LogP contribution < -0.4 is 4.74 Å². The van der Waals surface area contributed by atoms with Crippen LogP contribution in [0.25, 0.3) is 0 Å². The molecular formula is C18H16F3NO5S. The lowest BCUT2D eigenvalue weighted by molar-refractivity contribution is -0.144. The number of rotatable bonds is 5. The Balaban J connectivity index is 1.93. The van der Waals surface area contributed by atoms with E-state index in [9.17, 15) is 26.4 Å². The van der Waals surface area contributed by atoms with Crippen molar-refractivity contribution < 1.29 is 35.9 Å². The highest BCUT2D eigenvalue weighted by Gasteiger charge is 2.46. The summed E-state index contributed by atoms with van der Waals surface area (Å²) in [6, 6.07) is 6.24. The van der Waals surface area contributed by atoms with E-state index in [4.69, 9.17) is 4.74 Å². The maximum Gasteiger partial charge on any atom is 0.324 e. The van der Waals surface area contributed by atoms with E-state index in [0.717, 1.165) is 23.5 Å². The topological polar surface area (TPSA) is 72.9 Å². The van der Waals surface area contributed by atoms with Gasteiger partial charge in [-0.05, 0) is 24.3 Å². The number of ether oxygens (including phenoxy) is 2. The molecule has 1 saturated heterocycles. The SMILES string of the molecule is COC(=O)C1CC(Oc2ccccc2F)CN1S(=O)(=O)c1ccc(F)cc1F. The summed E-state index contributed by atoms with van der Waals surface area (Å²) < 4.78 is 77.7. The van der Waals surface area contributed by atoms with Crippen LogP contribution in [0, 0.1) is 17.5 Å². The van der Waals surface area contributed by atoms with Gasteiger partial charge in [0.05, 0.1) is 13.7 Å². The second kappa shape index (κ2) is 7.80. The van der Waals surface area contributed by atoms with Gasteiger partial charge in [-0.25, -0.2) is 21.6 Å². The predicted octanol–water partition coefficient (Wildman–Crippen LogP) is 2.49. The van der Waals surface area contributed by atoms with Gasteiger partial charge in [0.25, 0.3) is 0 Å². The summed E-state index contributed by atoms with van der Waals surface area (Å²) in [6.45, 7) is -0.340. The van der Waals surface area contributed by atoms with Gasteiger partial charge in [0.2, 0.25) is 10.0 Å². The van der Waals surface area contributed by atoms with E-state index in [1.165, 1.54) is 24.3 Å². The molecule has 1 aliphatic rings. The lowest BCUT2D eigenvalue weighted by Crippen LogP contribution is -2.41. The molecule has 0 aliphatic carbocycles. The third kappa shape index (κ3) is 3.83. The highest BCUT2D eigenvalue weighted by molar-refractivity contribution is 7.89. The number of carbonyl (C=O) groups is 1. The van der Waals surface area contributed by atoms with Gasteiger partial charge in [-0.3, -0.25) is 4.79 Å². The summed E-state index contributed by atoms with van der Waals surface area (Å²) in [6.07, 6.45) is -0.998. The second-order valence-electron chi connectivity index (χ2n) is 6.09. The number of para-hydroxylation sites is 1. The van der Waals surface area contributed by atoms with E-state index in [0.29, 0.717) is 6.07 Å². The summed E-state index contributed by atoms with van der Waals surface area (Å²) in [4.78, 5) is 11.3. The fourth-order valence-corrected chi connectivity index (χ4v) is 4.67. The first-order valence-corrected chi connectivity index (χ1v) is 9.64. The van der Waals surface area contributed by atoms with E-state index in [-0.39, 0.29) is 18.7 Å². The highest BCUT2D eigenvalue weighted by atomic mass is 32.2. The Hall–Kier alpha value is -2.59. The molecule has 2 unspecified atom stereocenters. The number of sulfonamides is 1. The van der Waals surface area contributed by atoms with Crippen molar-refractivity contribution in [3.63, 3.8) is 0 Å². The Bertz CT molecular complexity index is 998. The van der Waals surface area contributed by atoms with Gasteiger partial charge >= 0.3 is 5.97 Å². The molecule has 2 atom stereocenters. The van der Waals surface area contributed by atoms with Gasteiger partial charge in [0, 0.05) is 12.5 Å². The van der Waals surface area contributed by atoms with Gasteiger partial charge in [-0.15, -0.1) is 0 Å². The van der Waals surface area contributed by atoms with E-state index in [2.05, 4.69) is 4.74 Å². The fourth-order valence-electron chi connectivity index (χ4n) is 3.00. The molecule has 0 radical (unpaired) electrons. The van der Waals surface area contributed by atoms with Crippen molar-refractivity contribution in [2.75, 3.05) is 13.7 Å². The molecular weight excluding hydrogens is 399 g/mol. The molecule has 10 heteroatoms. The average Bonchev–Trinajstić information content (AvgIpc) is 3.07. The molecule has 6 nitrogen and oxygen atoms in total. The zero-order valence-corrected chi connectivity index (χ0v) is 15.5. The molecule has 0 N–H and O–H groups in total. The first-order chi connectivity index (χ1) is 13.2. The molecule has 150 valence electrons. The van der Waals surface area contributed by atoms with E-state index in [1.807, 2.05) is 0 Å².